The largest absolute Gasteiger partial charge is 0.507 e. The van der Waals surface area contributed by atoms with Crippen molar-refractivity contribution >= 4 is 29.7 Å². The number of fused-ring (bicyclic) bond motifs is 1. The minimum atomic E-state index is -0.998. The minimum Gasteiger partial charge on any atom is -0.507 e. The molecular weight excluding hydrogens is 650 g/mol. The summed E-state index contributed by atoms with van der Waals surface area (Å²) in [4.78, 5) is 59.5. The number of carboxylic acids is 1. The zero-order valence-corrected chi connectivity index (χ0v) is 30.0. The highest BCUT2D eigenvalue weighted by molar-refractivity contribution is 5.91. The highest BCUT2D eigenvalue weighted by atomic mass is 16.6. The maximum absolute atomic E-state index is 14.1. The van der Waals surface area contributed by atoms with Crippen LogP contribution in [-0.2, 0) is 27.2 Å². The molecule has 6 rings (SSSR count). The molecule has 4 heterocycles. The fourth-order valence-electron chi connectivity index (χ4n) is 8.55. The van der Waals surface area contributed by atoms with E-state index in [1.807, 2.05) is 60.0 Å². The van der Waals surface area contributed by atoms with E-state index < -0.39 is 18.2 Å². The number of rotatable bonds is 9. The Bertz CT molecular complexity index is 1550. The molecular formula is C39H53N5O7. The molecule has 0 aliphatic carbocycles. The molecule has 3 N–H and O–H groups in total. The fraction of sp³-hybridized carbons (Fsp3) is 0.590. The summed E-state index contributed by atoms with van der Waals surface area (Å²) in [6.45, 7) is 8.76. The predicted octanol–water partition coefficient (Wildman–Crippen LogP) is 5.04. The van der Waals surface area contributed by atoms with Gasteiger partial charge in [-0.25, -0.2) is 9.59 Å². The molecule has 12 nitrogen and oxygen atoms in total. The van der Waals surface area contributed by atoms with Gasteiger partial charge in [0, 0.05) is 57.4 Å². The number of carboxylic acid groups (broad SMARTS) is 1. The number of amides is 4. The number of likely N-dealkylation sites (tertiary alicyclic amines) is 3. The molecule has 0 unspecified atom stereocenters. The molecule has 4 amide bonds. The van der Waals surface area contributed by atoms with Crippen molar-refractivity contribution in [2.24, 2.45) is 11.8 Å². The zero-order valence-electron chi connectivity index (χ0n) is 30.0. The number of nitrogens with one attached hydrogen (secondary N) is 1. The maximum Gasteiger partial charge on any atom is 0.410 e. The Hall–Kier alpha value is -4.32. The number of piperidine rings is 3. The smallest absolute Gasteiger partial charge is 0.410 e. The van der Waals surface area contributed by atoms with Crippen molar-refractivity contribution in [1.29, 1.82) is 0 Å². The molecule has 0 spiro atoms. The van der Waals surface area contributed by atoms with E-state index in [1.165, 1.54) is 0 Å². The van der Waals surface area contributed by atoms with Crippen LogP contribution < -0.4 is 5.32 Å². The van der Waals surface area contributed by atoms with Gasteiger partial charge in [0.05, 0.1) is 6.42 Å². The molecule has 0 bridgehead atoms. The maximum atomic E-state index is 14.1. The molecule has 4 aliphatic rings. The van der Waals surface area contributed by atoms with E-state index in [4.69, 9.17) is 9.84 Å². The highest BCUT2D eigenvalue weighted by Crippen LogP contribution is 2.33. The standard InChI is InChI=1S/C39H53N5O7/c1-26-23-28(24-27(2)36(26)47)25-34(37(48)42-18-9-30(10-19-42)29-7-15-41(16-8-29)17-14-35(45)46)51-39(50)43-20-12-32(13-21-43)44-22-11-31-5-3-4-6-33(31)40-38(44)49/h3-6,23-24,29-30,32,34,47H,7-22,25H2,1-2H3,(H,40,49)(H,45,46)/t34-/m1/s1. The molecule has 4 aliphatic heterocycles. The van der Waals surface area contributed by atoms with Gasteiger partial charge in [0.25, 0.3) is 5.91 Å². The summed E-state index contributed by atoms with van der Waals surface area (Å²) in [6, 6.07) is 11.4. The average molecular weight is 704 g/mol. The number of carbonyl (C=O) groups is 4. The number of urea groups is 1. The molecule has 1 atom stereocenters. The van der Waals surface area contributed by atoms with Gasteiger partial charge in [0.2, 0.25) is 0 Å². The van der Waals surface area contributed by atoms with Gasteiger partial charge in [-0.05, 0) is 112 Å². The monoisotopic (exact) mass is 703 g/mol. The molecule has 2 aromatic rings. The van der Waals surface area contributed by atoms with Gasteiger partial charge in [0.15, 0.2) is 6.10 Å². The molecule has 0 saturated carbocycles. The number of benzene rings is 2. The molecule has 51 heavy (non-hydrogen) atoms. The zero-order chi connectivity index (χ0) is 36.1. The molecule has 3 fully saturated rings. The Morgan fingerprint density at radius 1 is 0.863 bits per heavy atom. The van der Waals surface area contributed by atoms with E-state index in [-0.39, 0.29) is 36.6 Å². The van der Waals surface area contributed by atoms with E-state index in [1.54, 1.807) is 4.90 Å². The van der Waals surface area contributed by atoms with E-state index in [0.29, 0.717) is 75.1 Å². The Morgan fingerprint density at radius 3 is 2.12 bits per heavy atom. The van der Waals surface area contributed by atoms with E-state index >= 15 is 0 Å². The molecule has 12 heteroatoms. The number of aryl methyl sites for hydroxylation is 2. The summed E-state index contributed by atoms with van der Waals surface area (Å²) in [7, 11) is 0. The van der Waals surface area contributed by atoms with Crippen molar-refractivity contribution < 1.29 is 34.1 Å². The van der Waals surface area contributed by atoms with Gasteiger partial charge in [-0.2, -0.15) is 0 Å². The summed E-state index contributed by atoms with van der Waals surface area (Å²) in [5.74, 6) is 0.353. The van der Waals surface area contributed by atoms with E-state index in [2.05, 4.69) is 10.2 Å². The minimum absolute atomic E-state index is 0.00186. The van der Waals surface area contributed by atoms with Crippen LogP contribution in [0.15, 0.2) is 36.4 Å². The van der Waals surface area contributed by atoms with Crippen LogP contribution in [0.25, 0.3) is 0 Å². The van der Waals surface area contributed by atoms with E-state index in [9.17, 15) is 24.3 Å². The molecule has 276 valence electrons. The third-order valence-corrected chi connectivity index (χ3v) is 11.6. The number of aromatic hydroxyl groups is 1. The Balaban J connectivity index is 1.05. The molecule has 2 aromatic carbocycles. The normalized spacial score (nSPS) is 20.4. The van der Waals surface area contributed by atoms with Crippen LogP contribution in [0.4, 0.5) is 15.3 Å². The van der Waals surface area contributed by atoms with Crippen LogP contribution in [0.1, 0.15) is 67.2 Å². The number of phenols is 1. The number of hydrogen-bond donors (Lipinski definition) is 3. The van der Waals surface area contributed by atoms with Crippen LogP contribution in [0.3, 0.4) is 0 Å². The number of nitrogens with zero attached hydrogens (tertiary/aromatic N) is 4. The summed E-state index contributed by atoms with van der Waals surface area (Å²) in [5.41, 5.74) is 4.20. The number of anilines is 1. The van der Waals surface area contributed by atoms with Crippen molar-refractivity contribution in [1.82, 2.24) is 19.6 Å². The summed E-state index contributed by atoms with van der Waals surface area (Å²) in [6.07, 6.45) is 4.77. The first-order valence-electron chi connectivity index (χ1n) is 18.7. The third kappa shape index (κ3) is 8.95. The first kappa shape index (κ1) is 36.5. The quantitative estimate of drug-likeness (QED) is 0.330. The van der Waals surface area contributed by atoms with Gasteiger partial charge in [-0.3, -0.25) is 9.59 Å². The second kappa shape index (κ2) is 16.4. The second-order valence-electron chi connectivity index (χ2n) is 14.9. The first-order chi connectivity index (χ1) is 24.5. The Labute approximate surface area is 300 Å². The number of hydrogen-bond acceptors (Lipinski definition) is 7. The lowest BCUT2D eigenvalue weighted by molar-refractivity contribution is -0.143. The number of aliphatic carboxylic acids is 1. The molecule has 3 saturated heterocycles. The molecule has 0 radical (unpaired) electrons. The van der Waals surface area contributed by atoms with Crippen LogP contribution in [0.2, 0.25) is 0 Å². The first-order valence-corrected chi connectivity index (χ1v) is 18.7. The average Bonchev–Trinajstić information content (AvgIpc) is 3.30. The Morgan fingerprint density at radius 2 is 1.47 bits per heavy atom. The summed E-state index contributed by atoms with van der Waals surface area (Å²) in [5, 5.41) is 22.4. The van der Waals surface area contributed by atoms with Crippen molar-refractivity contribution in [3.05, 3.63) is 58.7 Å². The number of para-hydroxylation sites is 1. The van der Waals surface area contributed by atoms with E-state index in [0.717, 1.165) is 62.0 Å². The van der Waals surface area contributed by atoms with Crippen LogP contribution in [-0.4, -0.2) is 118 Å². The lowest BCUT2D eigenvalue weighted by Crippen LogP contribution is -2.52. The lowest BCUT2D eigenvalue weighted by atomic mass is 9.78. The van der Waals surface area contributed by atoms with Gasteiger partial charge in [-0.15, -0.1) is 0 Å². The second-order valence-corrected chi connectivity index (χ2v) is 14.9. The molecule has 0 aromatic heterocycles. The number of carbonyl (C=O) groups excluding carboxylic acids is 3. The van der Waals surface area contributed by atoms with Gasteiger partial charge in [-0.1, -0.05) is 30.3 Å². The van der Waals surface area contributed by atoms with Crippen LogP contribution in [0.5, 0.6) is 5.75 Å². The number of ether oxygens (including phenoxy) is 1. The Kier molecular flexibility index (Phi) is 11.7. The van der Waals surface area contributed by atoms with Crippen molar-refractivity contribution in [3.63, 3.8) is 0 Å². The predicted molar refractivity (Wildman–Crippen MR) is 193 cm³/mol. The highest BCUT2D eigenvalue weighted by Gasteiger charge is 2.37. The van der Waals surface area contributed by atoms with Gasteiger partial charge in [0.1, 0.15) is 5.75 Å². The fourth-order valence-corrected chi connectivity index (χ4v) is 8.55. The van der Waals surface area contributed by atoms with Crippen molar-refractivity contribution in [3.8, 4) is 5.75 Å². The SMILES string of the molecule is Cc1cc(C[C@@H](OC(=O)N2CCC(N3CCc4ccccc4NC3=O)CC2)C(=O)N2CCC(C3CCN(CCC(=O)O)CC3)CC2)cc(C)c1O. The van der Waals surface area contributed by atoms with Crippen molar-refractivity contribution in [2.45, 2.75) is 83.8 Å². The van der Waals surface area contributed by atoms with Crippen LogP contribution >= 0.6 is 0 Å². The van der Waals surface area contributed by atoms with Gasteiger partial charge < -0.3 is 39.9 Å². The lowest BCUT2D eigenvalue weighted by Gasteiger charge is -2.41. The van der Waals surface area contributed by atoms with Gasteiger partial charge >= 0.3 is 18.1 Å². The van der Waals surface area contributed by atoms with Crippen LogP contribution in [0, 0.1) is 25.7 Å². The summed E-state index contributed by atoms with van der Waals surface area (Å²) < 4.78 is 6.07. The number of phenolic OH excluding ortho intramolecular Hbond substituents is 1. The van der Waals surface area contributed by atoms with Crippen molar-refractivity contribution in [2.75, 3.05) is 57.7 Å². The topological polar surface area (TPSA) is 143 Å². The third-order valence-electron chi connectivity index (χ3n) is 11.6. The summed E-state index contributed by atoms with van der Waals surface area (Å²) >= 11 is 0.